The van der Waals surface area contributed by atoms with Gasteiger partial charge < -0.3 is 0 Å². The van der Waals surface area contributed by atoms with E-state index in [4.69, 9.17) is 5.84 Å². The predicted octanol–water partition coefficient (Wildman–Crippen LogP) is 2.73. The minimum absolute atomic E-state index is 0.0991. The summed E-state index contributed by atoms with van der Waals surface area (Å²) in [6.07, 6.45) is 4.48. The number of rotatable bonds is 4. The van der Waals surface area contributed by atoms with Crippen LogP contribution >= 0.6 is 15.9 Å². The van der Waals surface area contributed by atoms with Crippen molar-refractivity contribution in [3.63, 3.8) is 0 Å². The number of halogens is 1. The molecule has 0 aliphatic heterocycles. The molecule has 0 fully saturated rings. The van der Waals surface area contributed by atoms with Crippen LogP contribution in [0, 0.1) is 6.92 Å². The highest BCUT2D eigenvalue weighted by Gasteiger charge is 2.19. The van der Waals surface area contributed by atoms with Gasteiger partial charge in [0.15, 0.2) is 0 Å². The van der Waals surface area contributed by atoms with Crippen LogP contribution < -0.4 is 11.3 Å². The van der Waals surface area contributed by atoms with Crippen LogP contribution in [0.3, 0.4) is 0 Å². The van der Waals surface area contributed by atoms with Gasteiger partial charge in [0.05, 0.1) is 21.9 Å². The van der Waals surface area contributed by atoms with E-state index in [0.717, 1.165) is 22.3 Å². The first-order chi connectivity index (χ1) is 10.1. The second-order valence-electron chi connectivity index (χ2n) is 5.77. The average Bonchev–Trinajstić information content (AvgIpc) is 3.03. The predicted molar refractivity (Wildman–Crippen MR) is 87.9 cm³/mol. The number of nitrogens with zero attached hydrogens (tertiary/aromatic N) is 2. The van der Waals surface area contributed by atoms with Crippen molar-refractivity contribution in [1.82, 2.24) is 15.2 Å². The van der Waals surface area contributed by atoms with Crippen LogP contribution in [0.2, 0.25) is 0 Å². The molecule has 0 bridgehead atoms. The van der Waals surface area contributed by atoms with Crippen molar-refractivity contribution in [2.24, 2.45) is 12.9 Å². The molecule has 3 N–H and O–H groups in total. The first kappa shape index (κ1) is 14.8. The summed E-state index contributed by atoms with van der Waals surface area (Å²) in [4.78, 5) is 0. The Morgan fingerprint density at radius 1 is 1.38 bits per heavy atom. The number of benzene rings is 1. The Morgan fingerprint density at radius 2 is 2.14 bits per heavy atom. The number of hydrogen-bond donors (Lipinski definition) is 2. The molecular weight excluding hydrogens is 328 g/mol. The number of nitrogens with two attached hydrogens (primary N) is 1. The molecule has 3 rings (SSSR count). The molecule has 0 amide bonds. The number of hydrogen-bond acceptors (Lipinski definition) is 3. The van der Waals surface area contributed by atoms with Gasteiger partial charge in [0.2, 0.25) is 0 Å². The maximum Gasteiger partial charge on any atom is 0.0738 e. The summed E-state index contributed by atoms with van der Waals surface area (Å²) >= 11 is 3.63. The summed E-state index contributed by atoms with van der Waals surface area (Å²) in [6, 6.07) is 6.86. The van der Waals surface area contributed by atoms with Gasteiger partial charge in [0.25, 0.3) is 0 Å². The molecule has 1 aliphatic rings. The maximum absolute atomic E-state index is 5.81. The Bertz CT molecular complexity index is 663. The van der Waals surface area contributed by atoms with Crippen molar-refractivity contribution in [3.05, 3.63) is 50.8 Å². The number of hydrazine groups is 1. The van der Waals surface area contributed by atoms with E-state index in [2.05, 4.69) is 44.7 Å². The van der Waals surface area contributed by atoms with Crippen molar-refractivity contribution in [2.45, 2.75) is 38.6 Å². The van der Waals surface area contributed by atoms with Crippen molar-refractivity contribution >= 4 is 15.9 Å². The summed E-state index contributed by atoms with van der Waals surface area (Å²) in [5, 5.41) is 4.45. The molecule has 1 unspecified atom stereocenters. The Morgan fingerprint density at radius 3 is 2.81 bits per heavy atom. The van der Waals surface area contributed by atoms with Crippen molar-refractivity contribution in [2.75, 3.05) is 0 Å². The minimum atomic E-state index is 0.0991. The zero-order chi connectivity index (χ0) is 15.0. The van der Waals surface area contributed by atoms with Crippen LogP contribution in [0.4, 0.5) is 0 Å². The first-order valence-electron chi connectivity index (χ1n) is 7.36. The molecule has 0 saturated carbocycles. The molecule has 0 spiro atoms. The second kappa shape index (κ2) is 5.91. The minimum Gasteiger partial charge on any atom is -0.271 e. The number of aryl methyl sites for hydroxylation is 4. The van der Waals surface area contributed by atoms with E-state index < -0.39 is 0 Å². The molecule has 5 heteroatoms. The summed E-state index contributed by atoms with van der Waals surface area (Å²) < 4.78 is 3.00. The molecule has 1 heterocycles. The molecule has 21 heavy (non-hydrogen) atoms. The highest BCUT2D eigenvalue weighted by atomic mass is 79.9. The Balaban J connectivity index is 1.88. The lowest BCUT2D eigenvalue weighted by atomic mass is 9.98. The molecule has 0 saturated heterocycles. The van der Waals surface area contributed by atoms with E-state index in [-0.39, 0.29) is 6.04 Å². The van der Waals surface area contributed by atoms with Gasteiger partial charge >= 0.3 is 0 Å². The molecule has 1 aliphatic carbocycles. The number of nitrogens with one attached hydrogen (secondary N) is 1. The van der Waals surface area contributed by atoms with Crippen LogP contribution in [0.5, 0.6) is 0 Å². The lowest BCUT2D eigenvalue weighted by Gasteiger charge is -2.18. The van der Waals surface area contributed by atoms with Gasteiger partial charge in [0.1, 0.15) is 0 Å². The van der Waals surface area contributed by atoms with Crippen LogP contribution in [-0.2, 0) is 26.3 Å². The van der Waals surface area contributed by atoms with Crippen LogP contribution in [0.1, 0.15) is 40.5 Å². The third-order valence-corrected chi connectivity index (χ3v) is 5.42. The summed E-state index contributed by atoms with van der Waals surface area (Å²) in [5.74, 6) is 5.81. The van der Waals surface area contributed by atoms with Gasteiger partial charge in [-0.05, 0) is 58.8 Å². The molecule has 4 nitrogen and oxygen atoms in total. The molecule has 2 aromatic rings. The SMILES string of the molecule is Cc1nn(C)c(CC(NN)c2ccc3c(c2)CCC3)c1Br. The van der Waals surface area contributed by atoms with Crippen LogP contribution in [-0.4, -0.2) is 9.78 Å². The van der Waals surface area contributed by atoms with E-state index in [9.17, 15) is 0 Å². The molecule has 0 radical (unpaired) electrons. The second-order valence-corrected chi connectivity index (χ2v) is 6.57. The van der Waals surface area contributed by atoms with Gasteiger partial charge in [0, 0.05) is 13.5 Å². The molecule has 112 valence electrons. The quantitative estimate of drug-likeness (QED) is 0.659. The molecule has 1 aromatic heterocycles. The maximum atomic E-state index is 5.81. The van der Waals surface area contributed by atoms with Crippen LogP contribution in [0.15, 0.2) is 22.7 Å². The van der Waals surface area contributed by atoms with Gasteiger partial charge in [-0.3, -0.25) is 16.0 Å². The fourth-order valence-corrected chi connectivity index (χ4v) is 3.67. The third-order valence-electron chi connectivity index (χ3n) is 4.39. The topological polar surface area (TPSA) is 55.9 Å². The lowest BCUT2D eigenvalue weighted by molar-refractivity contribution is 0.528. The zero-order valence-corrected chi connectivity index (χ0v) is 14.1. The van der Waals surface area contributed by atoms with Gasteiger partial charge in [-0.1, -0.05) is 18.2 Å². The average molecular weight is 349 g/mol. The number of fused-ring (bicyclic) bond motifs is 1. The molecule has 1 aromatic carbocycles. The normalized spacial score (nSPS) is 15.2. The Kier molecular flexibility index (Phi) is 4.15. The highest BCUT2D eigenvalue weighted by Crippen LogP contribution is 2.29. The summed E-state index contributed by atoms with van der Waals surface area (Å²) in [5.41, 5.74) is 9.36. The van der Waals surface area contributed by atoms with E-state index in [0.29, 0.717) is 0 Å². The standard InChI is InChI=1S/C16H21BrN4/c1-10-16(17)15(21(2)20-10)9-14(19-18)13-7-6-11-4-3-5-12(11)8-13/h6-8,14,19H,3-5,9,18H2,1-2H3. The van der Waals surface area contributed by atoms with Gasteiger partial charge in [-0.15, -0.1) is 0 Å². The van der Waals surface area contributed by atoms with Crippen molar-refractivity contribution < 1.29 is 0 Å². The van der Waals surface area contributed by atoms with Gasteiger partial charge in [-0.25, -0.2) is 0 Å². The smallest absolute Gasteiger partial charge is 0.0738 e. The van der Waals surface area contributed by atoms with Crippen LogP contribution in [0.25, 0.3) is 0 Å². The summed E-state index contributed by atoms with van der Waals surface area (Å²) in [7, 11) is 1.98. The number of aromatic nitrogens is 2. The molecular formula is C16H21BrN4. The fourth-order valence-electron chi connectivity index (χ4n) is 3.18. The molecule has 1 atom stereocenters. The lowest BCUT2D eigenvalue weighted by Crippen LogP contribution is -2.30. The first-order valence-corrected chi connectivity index (χ1v) is 8.15. The van der Waals surface area contributed by atoms with Gasteiger partial charge in [-0.2, -0.15) is 5.10 Å². The monoisotopic (exact) mass is 348 g/mol. The fraction of sp³-hybridized carbons (Fsp3) is 0.438. The Hall–Kier alpha value is -1.17. The largest absolute Gasteiger partial charge is 0.271 e. The van der Waals surface area contributed by atoms with E-state index in [1.54, 1.807) is 0 Å². The van der Waals surface area contributed by atoms with E-state index in [1.807, 2.05) is 18.7 Å². The third kappa shape index (κ3) is 2.78. The Labute approximate surface area is 133 Å². The highest BCUT2D eigenvalue weighted by molar-refractivity contribution is 9.10. The summed E-state index contributed by atoms with van der Waals surface area (Å²) in [6.45, 7) is 2.01. The van der Waals surface area contributed by atoms with E-state index in [1.165, 1.54) is 36.0 Å². The van der Waals surface area contributed by atoms with Crippen molar-refractivity contribution in [1.29, 1.82) is 0 Å². The zero-order valence-electron chi connectivity index (χ0n) is 12.5. The van der Waals surface area contributed by atoms with Crippen molar-refractivity contribution in [3.8, 4) is 0 Å². The van der Waals surface area contributed by atoms with E-state index >= 15 is 0 Å².